The minimum Gasteiger partial charge on any atom is -0.413 e. The van der Waals surface area contributed by atoms with Crippen LogP contribution < -0.4 is 0 Å². The first-order valence-corrected chi connectivity index (χ1v) is 17.4. The summed E-state index contributed by atoms with van der Waals surface area (Å²) in [6, 6.07) is 0. The highest BCUT2D eigenvalue weighted by molar-refractivity contribution is 6.77. The Labute approximate surface area is 227 Å². The van der Waals surface area contributed by atoms with Crippen LogP contribution in [0.4, 0.5) is 0 Å². The fraction of sp³-hybridized carbons (Fsp3) is 0.935. The second-order valence-electron chi connectivity index (χ2n) is 14.5. The highest BCUT2D eigenvalue weighted by atomic mass is 28.4. The first-order valence-electron chi connectivity index (χ1n) is 15.2. The van der Waals surface area contributed by atoms with Crippen molar-refractivity contribution in [2.75, 3.05) is 7.11 Å². The molecule has 3 saturated carbocycles. The number of hydrogen-bond donors (Lipinski definition) is 1. The average molecular weight is 535 g/mol. The van der Waals surface area contributed by atoms with Crippen molar-refractivity contribution < 1.29 is 23.7 Å². The van der Waals surface area contributed by atoms with Crippen LogP contribution in [0.15, 0.2) is 12.2 Å². The molecular formula is C31H54O5Si. The van der Waals surface area contributed by atoms with E-state index in [0.717, 1.165) is 32.1 Å². The van der Waals surface area contributed by atoms with Crippen LogP contribution in [0, 0.1) is 34.5 Å². The lowest BCUT2D eigenvalue weighted by Gasteiger charge is -2.64. The summed E-state index contributed by atoms with van der Waals surface area (Å²) in [5.41, 5.74) is 1.17. The maximum absolute atomic E-state index is 12.2. The molecule has 0 aromatic heterocycles. The molecule has 1 saturated heterocycles. The van der Waals surface area contributed by atoms with E-state index in [4.69, 9.17) is 18.6 Å². The van der Waals surface area contributed by atoms with Crippen LogP contribution in [0.25, 0.3) is 0 Å². The maximum atomic E-state index is 12.2. The summed E-state index contributed by atoms with van der Waals surface area (Å²) in [5, 5.41) is 12.2. The van der Waals surface area contributed by atoms with E-state index in [2.05, 4.69) is 67.5 Å². The summed E-state index contributed by atoms with van der Waals surface area (Å²) in [6.07, 6.45) is 9.21. The number of rotatable bonds is 6. The SMILES string of the molecule is CO[C@H]1O[C@@H](C)O[C@@]12CC[C@]13[C@H](C=C[C@H]4[C@H](C)[C@@H](O[Si](C(C)C)(C(C)C)C(C)C)CC[C@@]41C)C[C@@H]2[C@@H]3O. The Morgan fingerprint density at radius 3 is 2.22 bits per heavy atom. The minimum absolute atomic E-state index is 0.0357. The van der Waals surface area contributed by atoms with Crippen molar-refractivity contribution in [2.45, 2.75) is 141 Å². The number of hydrogen-bond acceptors (Lipinski definition) is 5. The van der Waals surface area contributed by atoms with Gasteiger partial charge in [0, 0.05) is 24.5 Å². The summed E-state index contributed by atoms with van der Waals surface area (Å²) in [7, 11) is -0.253. The maximum Gasteiger partial charge on any atom is 0.200 e. The normalized spacial score (nSPS) is 49.4. The van der Waals surface area contributed by atoms with Crippen LogP contribution in [0.3, 0.4) is 0 Å². The predicted molar refractivity (Wildman–Crippen MR) is 149 cm³/mol. The number of ether oxygens (including phenoxy) is 3. The van der Waals surface area contributed by atoms with Crippen molar-refractivity contribution in [1.29, 1.82) is 0 Å². The van der Waals surface area contributed by atoms with Crippen LogP contribution in [0.2, 0.25) is 16.6 Å². The Hall–Kier alpha value is -0.243. The topological polar surface area (TPSA) is 57.2 Å². The highest BCUT2D eigenvalue weighted by Gasteiger charge is 2.75. The molecule has 6 heteroatoms. The van der Waals surface area contributed by atoms with Crippen LogP contribution >= 0.6 is 0 Å². The zero-order chi connectivity index (χ0) is 27.1. The fourth-order valence-corrected chi connectivity index (χ4v) is 16.6. The van der Waals surface area contributed by atoms with Crippen LogP contribution in [-0.2, 0) is 18.6 Å². The molecule has 4 aliphatic carbocycles. The number of fused-ring (bicyclic) bond motifs is 3. The van der Waals surface area contributed by atoms with E-state index in [1.165, 1.54) is 0 Å². The smallest absolute Gasteiger partial charge is 0.200 e. The highest BCUT2D eigenvalue weighted by Crippen LogP contribution is 2.73. The third kappa shape index (κ3) is 3.58. The van der Waals surface area contributed by atoms with E-state index >= 15 is 0 Å². The van der Waals surface area contributed by atoms with E-state index in [-0.39, 0.29) is 23.0 Å². The van der Waals surface area contributed by atoms with Gasteiger partial charge in [0.15, 0.2) is 12.6 Å². The molecule has 1 N–H and O–H groups in total. The summed E-state index contributed by atoms with van der Waals surface area (Å²) in [5.74, 6) is 1.27. The van der Waals surface area contributed by atoms with Gasteiger partial charge in [0.05, 0.1) is 6.10 Å². The minimum atomic E-state index is -1.96. The van der Waals surface area contributed by atoms with Crippen molar-refractivity contribution in [3.8, 4) is 0 Å². The number of aliphatic hydroxyl groups excluding tert-OH is 1. The molecule has 5 rings (SSSR count). The number of allylic oxidation sites excluding steroid dienone is 2. The Bertz CT molecular complexity index is 867. The lowest BCUT2D eigenvalue weighted by molar-refractivity contribution is -0.227. The Morgan fingerprint density at radius 2 is 1.62 bits per heavy atom. The molecule has 4 fully saturated rings. The van der Waals surface area contributed by atoms with E-state index in [0.29, 0.717) is 40.5 Å². The average Bonchev–Trinajstić information content (AvgIpc) is 3.25. The monoisotopic (exact) mass is 534 g/mol. The lowest BCUT2D eigenvalue weighted by atomic mass is 9.42. The van der Waals surface area contributed by atoms with Gasteiger partial charge in [-0.25, -0.2) is 0 Å². The molecule has 0 unspecified atom stereocenters. The van der Waals surface area contributed by atoms with Gasteiger partial charge in [0.1, 0.15) is 5.60 Å². The molecule has 0 radical (unpaired) electrons. The van der Waals surface area contributed by atoms with E-state index in [1.807, 2.05) is 6.92 Å². The molecule has 1 aliphatic heterocycles. The van der Waals surface area contributed by atoms with Gasteiger partial charge in [-0.05, 0) is 78.8 Å². The second kappa shape index (κ2) is 9.41. The largest absolute Gasteiger partial charge is 0.413 e. The van der Waals surface area contributed by atoms with Crippen molar-refractivity contribution in [3.05, 3.63) is 12.2 Å². The third-order valence-electron chi connectivity index (χ3n) is 12.5. The molecule has 5 aliphatic rings. The summed E-state index contributed by atoms with van der Waals surface area (Å²) in [4.78, 5) is 0. The number of methoxy groups -OCH3 is 1. The molecule has 37 heavy (non-hydrogen) atoms. The molecule has 5 nitrogen and oxygen atoms in total. The number of aliphatic hydroxyl groups is 1. The van der Waals surface area contributed by atoms with Gasteiger partial charge in [-0.15, -0.1) is 0 Å². The van der Waals surface area contributed by atoms with Crippen LogP contribution in [-0.4, -0.2) is 50.9 Å². The predicted octanol–water partition coefficient (Wildman–Crippen LogP) is 7.05. The Morgan fingerprint density at radius 1 is 0.973 bits per heavy atom. The van der Waals surface area contributed by atoms with Crippen molar-refractivity contribution in [2.24, 2.45) is 34.5 Å². The van der Waals surface area contributed by atoms with Gasteiger partial charge in [0.25, 0.3) is 0 Å². The first kappa shape index (κ1) is 28.3. The van der Waals surface area contributed by atoms with Crippen molar-refractivity contribution >= 4 is 8.32 Å². The van der Waals surface area contributed by atoms with Crippen molar-refractivity contribution in [3.63, 3.8) is 0 Å². The molecule has 2 spiro atoms. The molecule has 1 heterocycles. The molecule has 11 atom stereocenters. The molecule has 2 bridgehead atoms. The van der Waals surface area contributed by atoms with Gasteiger partial charge in [-0.3, -0.25) is 0 Å². The lowest BCUT2D eigenvalue weighted by Crippen LogP contribution is -2.65. The molecular weight excluding hydrogens is 480 g/mol. The second-order valence-corrected chi connectivity index (χ2v) is 19.9. The van der Waals surface area contributed by atoms with Gasteiger partial charge < -0.3 is 23.7 Å². The van der Waals surface area contributed by atoms with Gasteiger partial charge in [-0.2, -0.15) is 0 Å². The Balaban J connectivity index is 1.45. The van der Waals surface area contributed by atoms with Crippen LogP contribution in [0.5, 0.6) is 0 Å². The van der Waals surface area contributed by atoms with E-state index in [9.17, 15) is 5.11 Å². The summed E-state index contributed by atoms with van der Waals surface area (Å²) in [6.45, 7) is 21.3. The first-order chi connectivity index (χ1) is 17.3. The fourth-order valence-electron chi connectivity index (χ4n) is 11.0. The summed E-state index contributed by atoms with van der Waals surface area (Å²) < 4.78 is 25.7. The molecule has 0 aromatic carbocycles. The van der Waals surface area contributed by atoms with Gasteiger partial charge in [0.2, 0.25) is 8.32 Å². The quantitative estimate of drug-likeness (QED) is 0.292. The summed E-state index contributed by atoms with van der Waals surface area (Å²) >= 11 is 0. The standard InChI is InChI=1S/C31H54O5Si/c1-18(2)37(19(3)4,20(5)6)36-26-13-14-29(9)24(21(26)7)12-11-23-17-25-27(32)30(23,29)15-16-31(25)28(33-10)34-22(8)35-31/h11-12,18-28,32H,13-17H2,1-10H3/t21-,22+,23+,24-,25+,26-,27-,28-,29-,30+,31+/m0/s1. The molecule has 0 amide bonds. The van der Waals surface area contributed by atoms with E-state index < -0.39 is 26.3 Å². The molecule has 212 valence electrons. The van der Waals surface area contributed by atoms with Crippen LogP contribution in [0.1, 0.15) is 94.4 Å². The third-order valence-corrected chi connectivity index (χ3v) is 18.6. The van der Waals surface area contributed by atoms with Gasteiger partial charge >= 0.3 is 0 Å². The molecule has 0 aromatic rings. The zero-order valence-corrected chi connectivity index (χ0v) is 26.1. The Kier molecular flexibility index (Phi) is 7.19. The zero-order valence-electron chi connectivity index (χ0n) is 25.1. The van der Waals surface area contributed by atoms with Crippen molar-refractivity contribution in [1.82, 2.24) is 0 Å². The van der Waals surface area contributed by atoms with Gasteiger partial charge in [-0.1, -0.05) is 67.5 Å². The van der Waals surface area contributed by atoms with E-state index in [1.54, 1.807) is 7.11 Å².